The van der Waals surface area contributed by atoms with Crippen LogP contribution in [0.4, 0.5) is 5.69 Å². The Balaban J connectivity index is 1.65. The molecule has 1 aliphatic heterocycles. The summed E-state index contributed by atoms with van der Waals surface area (Å²) in [7, 11) is 0. The van der Waals surface area contributed by atoms with Crippen LogP contribution in [0.2, 0.25) is 0 Å². The van der Waals surface area contributed by atoms with E-state index in [1.165, 1.54) is 24.2 Å². The van der Waals surface area contributed by atoms with E-state index in [1.54, 1.807) is 12.1 Å². The summed E-state index contributed by atoms with van der Waals surface area (Å²) in [5.74, 6) is 0.595. The van der Waals surface area contributed by atoms with Gasteiger partial charge < -0.3 is 10.1 Å². The van der Waals surface area contributed by atoms with Gasteiger partial charge in [0.2, 0.25) is 5.91 Å². The van der Waals surface area contributed by atoms with Gasteiger partial charge >= 0.3 is 0 Å². The molecule has 1 heterocycles. The summed E-state index contributed by atoms with van der Waals surface area (Å²) in [6, 6.07) is 7.47. The van der Waals surface area contributed by atoms with Gasteiger partial charge in [-0.05, 0) is 56.4 Å². The van der Waals surface area contributed by atoms with Crippen LogP contribution >= 0.6 is 0 Å². The van der Waals surface area contributed by atoms with Crippen LogP contribution in [-0.4, -0.2) is 30.5 Å². The van der Waals surface area contributed by atoms with E-state index in [2.05, 4.69) is 12.2 Å². The molecule has 0 aromatic heterocycles. The first-order valence-corrected chi connectivity index (χ1v) is 9.13. The lowest BCUT2D eigenvalue weighted by atomic mass is 9.95. The molecule has 1 saturated heterocycles. The molecule has 0 radical (unpaired) electrons. The lowest BCUT2D eigenvalue weighted by Gasteiger charge is -2.22. The van der Waals surface area contributed by atoms with E-state index in [9.17, 15) is 9.59 Å². The number of carbonyl (C=O) groups excluding carboxylic acids is 2. The molecule has 2 fully saturated rings. The summed E-state index contributed by atoms with van der Waals surface area (Å²) in [5.41, 5.74) is 0.647. The molecule has 24 heavy (non-hydrogen) atoms. The molecule has 1 aliphatic carbocycles. The Bertz CT molecular complexity index is 579. The average Bonchev–Trinajstić information content (AvgIpc) is 2.88. The minimum Gasteiger partial charge on any atom is -0.494 e. The number of ether oxygens (including phenoxy) is 1. The van der Waals surface area contributed by atoms with Crippen LogP contribution in [0.1, 0.15) is 51.9 Å². The van der Waals surface area contributed by atoms with Crippen molar-refractivity contribution in [1.29, 1.82) is 0 Å². The van der Waals surface area contributed by atoms with Gasteiger partial charge in [0.1, 0.15) is 5.75 Å². The number of rotatable bonds is 6. The molecule has 1 aromatic rings. The Labute approximate surface area is 143 Å². The first kappa shape index (κ1) is 17.0. The number of hydrogen-bond donors (Lipinski definition) is 1. The highest BCUT2D eigenvalue weighted by Crippen LogP contribution is 2.25. The fourth-order valence-corrected chi connectivity index (χ4v) is 3.64. The van der Waals surface area contributed by atoms with Crippen molar-refractivity contribution in [3.05, 3.63) is 24.3 Å². The molecule has 5 nitrogen and oxygen atoms in total. The number of nitrogens with zero attached hydrogens (tertiary/aromatic N) is 1. The quantitative estimate of drug-likeness (QED) is 0.811. The van der Waals surface area contributed by atoms with Gasteiger partial charge in [0.05, 0.1) is 24.8 Å². The molecule has 2 aliphatic rings. The van der Waals surface area contributed by atoms with Gasteiger partial charge in [-0.2, -0.15) is 0 Å². The molecule has 5 heteroatoms. The van der Waals surface area contributed by atoms with E-state index < -0.39 is 0 Å². The predicted molar refractivity (Wildman–Crippen MR) is 91.9 cm³/mol. The lowest BCUT2D eigenvalue weighted by molar-refractivity contribution is -0.710. The Kier molecular flexibility index (Phi) is 5.51. The van der Waals surface area contributed by atoms with E-state index in [1.807, 2.05) is 12.1 Å². The van der Waals surface area contributed by atoms with Crippen LogP contribution in [0.3, 0.4) is 0 Å². The van der Waals surface area contributed by atoms with Crippen molar-refractivity contribution >= 4 is 17.5 Å². The van der Waals surface area contributed by atoms with Gasteiger partial charge in [-0.25, -0.2) is 4.90 Å². The maximum absolute atomic E-state index is 12.7. The van der Waals surface area contributed by atoms with Crippen molar-refractivity contribution < 1.29 is 19.6 Å². The molecule has 0 spiro atoms. The largest absolute Gasteiger partial charge is 0.494 e. The molecule has 0 bridgehead atoms. The molecule has 0 unspecified atom stereocenters. The molecular formula is C19H27N2O3+. The predicted octanol–water partition coefficient (Wildman–Crippen LogP) is 2.00. The van der Waals surface area contributed by atoms with E-state index in [0.29, 0.717) is 24.8 Å². The number of carbonyl (C=O) groups is 2. The maximum Gasteiger partial charge on any atom is 0.292 e. The van der Waals surface area contributed by atoms with Gasteiger partial charge in [0, 0.05) is 0 Å². The smallest absolute Gasteiger partial charge is 0.292 e. The van der Waals surface area contributed by atoms with Crippen molar-refractivity contribution in [2.24, 2.45) is 0 Å². The van der Waals surface area contributed by atoms with E-state index in [0.717, 1.165) is 25.0 Å². The summed E-state index contributed by atoms with van der Waals surface area (Å²) in [6.07, 6.45) is 7.33. The van der Waals surface area contributed by atoms with Crippen LogP contribution in [0.15, 0.2) is 24.3 Å². The molecule has 1 saturated carbocycles. The second kappa shape index (κ2) is 7.79. The van der Waals surface area contributed by atoms with Crippen LogP contribution in [0.5, 0.6) is 5.75 Å². The van der Waals surface area contributed by atoms with Crippen molar-refractivity contribution in [1.82, 2.24) is 0 Å². The van der Waals surface area contributed by atoms with Crippen LogP contribution < -0.4 is 15.0 Å². The molecule has 130 valence electrons. The van der Waals surface area contributed by atoms with E-state index in [4.69, 9.17) is 4.74 Å². The number of quaternary nitrogens is 1. The number of nitrogens with two attached hydrogens (primary N) is 1. The number of amides is 2. The Morgan fingerprint density at radius 3 is 2.50 bits per heavy atom. The Morgan fingerprint density at radius 2 is 1.83 bits per heavy atom. The van der Waals surface area contributed by atoms with Gasteiger partial charge in [-0.3, -0.25) is 9.59 Å². The Hall–Kier alpha value is -1.88. The third kappa shape index (κ3) is 3.78. The Morgan fingerprint density at radius 1 is 1.12 bits per heavy atom. The highest BCUT2D eigenvalue weighted by Gasteiger charge is 2.43. The van der Waals surface area contributed by atoms with Gasteiger partial charge in [-0.15, -0.1) is 0 Å². The van der Waals surface area contributed by atoms with Crippen LogP contribution in [-0.2, 0) is 9.59 Å². The van der Waals surface area contributed by atoms with Gasteiger partial charge in [0.15, 0.2) is 6.04 Å². The minimum atomic E-state index is -0.253. The second-order valence-electron chi connectivity index (χ2n) is 6.81. The number of anilines is 1. The average molecular weight is 331 g/mol. The first-order valence-electron chi connectivity index (χ1n) is 9.13. The first-order chi connectivity index (χ1) is 11.7. The molecular weight excluding hydrogens is 304 g/mol. The summed E-state index contributed by atoms with van der Waals surface area (Å²) < 4.78 is 5.55. The normalized spacial score (nSPS) is 22.2. The highest BCUT2D eigenvalue weighted by molar-refractivity contribution is 6.21. The standard InChI is InChI=1S/C19H26N2O3/c1-2-12-24-16-10-8-15(9-11-16)21-18(22)13-17(19(21)23)20-14-6-4-3-5-7-14/h8-11,14,17,20H,2-7,12-13H2,1H3/p+1/t17-/m1/s1. The van der Waals surface area contributed by atoms with Gasteiger partial charge in [-0.1, -0.05) is 13.3 Å². The maximum atomic E-state index is 12.7. The van der Waals surface area contributed by atoms with Crippen LogP contribution in [0.25, 0.3) is 0 Å². The molecule has 2 N–H and O–H groups in total. The summed E-state index contributed by atoms with van der Waals surface area (Å²) in [5, 5.41) is 2.14. The summed E-state index contributed by atoms with van der Waals surface area (Å²) >= 11 is 0. The third-order valence-electron chi connectivity index (χ3n) is 4.90. The SMILES string of the molecule is CCCOc1ccc(N2C(=O)C[C@@H]([NH2+]C3CCCCC3)C2=O)cc1. The molecule has 1 aromatic carbocycles. The van der Waals surface area contributed by atoms with Crippen molar-refractivity contribution in [3.63, 3.8) is 0 Å². The molecule has 3 rings (SSSR count). The van der Waals surface area contributed by atoms with E-state index in [-0.39, 0.29) is 17.9 Å². The van der Waals surface area contributed by atoms with E-state index >= 15 is 0 Å². The van der Waals surface area contributed by atoms with Crippen molar-refractivity contribution in [2.45, 2.75) is 64.0 Å². The fourth-order valence-electron chi connectivity index (χ4n) is 3.64. The molecule has 1 atom stereocenters. The number of imide groups is 1. The zero-order chi connectivity index (χ0) is 16.9. The fraction of sp³-hybridized carbons (Fsp3) is 0.579. The van der Waals surface area contributed by atoms with Gasteiger partial charge in [0.25, 0.3) is 5.91 Å². The lowest BCUT2D eigenvalue weighted by Crippen LogP contribution is -2.96. The summed E-state index contributed by atoms with van der Waals surface area (Å²) in [4.78, 5) is 26.4. The number of benzene rings is 1. The zero-order valence-corrected chi connectivity index (χ0v) is 14.4. The topological polar surface area (TPSA) is 63.2 Å². The molecule has 2 amide bonds. The minimum absolute atomic E-state index is 0.0761. The second-order valence-corrected chi connectivity index (χ2v) is 6.81. The monoisotopic (exact) mass is 331 g/mol. The summed E-state index contributed by atoms with van der Waals surface area (Å²) in [6.45, 7) is 2.72. The van der Waals surface area contributed by atoms with Crippen molar-refractivity contribution in [2.75, 3.05) is 11.5 Å². The number of hydrogen-bond acceptors (Lipinski definition) is 3. The zero-order valence-electron chi connectivity index (χ0n) is 14.4. The van der Waals surface area contributed by atoms with Crippen molar-refractivity contribution in [3.8, 4) is 5.75 Å². The van der Waals surface area contributed by atoms with Crippen LogP contribution in [0, 0.1) is 0 Å². The third-order valence-corrected chi connectivity index (χ3v) is 4.90. The highest BCUT2D eigenvalue weighted by atomic mass is 16.5.